The monoisotopic (exact) mass is 308 g/mol. The number of aromatic amines is 1. The Balaban J connectivity index is 1.74. The molecule has 6 heteroatoms. The van der Waals surface area contributed by atoms with Crippen LogP contribution in [0.2, 0.25) is 0 Å². The van der Waals surface area contributed by atoms with Gasteiger partial charge in [-0.15, -0.1) is 0 Å². The molecule has 1 saturated heterocycles. The van der Waals surface area contributed by atoms with Crippen LogP contribution in [0.3, 0.4) is 0 Å². The molecule has 0 bridgehead atoms. The number of hydrogen-bond acceptors (Lipinski definition) is 4. The number of aromatic nitrogens is 2. The molecule has 0 aromatic carbocycles. The van der Waals surface area contributed by atoms with Crippen LogP contribution in [0, 0.1) is 6.92 Å². The zero-order valence-corrected chi connectivity index (χ0v) is 14.1. The molecule has 0 aliphatic carbocycles. The Labute approximate surface area is 132 Å². The Morgan fingerprint density at radius 3 is 2.95 bits per heavy atom. The number of rotatable bonds is 5. The summed E-state index contributed by atoms with van der Waals surface area (Å²) in [5.74, 6) is 0. The second-order valence-electron chi connectivity index (χ2n) is 6.91. The average Bonchev–Trinajstić information content (AvgIpc) is 3.02. The van der Waals surface area contributed by atoms with Crippen molar-refractivity contribution in [2.45, 2.75) is 65.1 Å². The Kier molecular flexibility index (Phi) is 5.45. The third-order valence-electron chi connectivity index (χ3n) is 3.89. The number of imidazole rings is 1. The molecule has 0 radical (unpaired) electrons. The molecular formula is C16H28N4O2. The predicted molar refractivity (Wildman–Crippen MR) is 85.6 cm³/mol. The molecule has 22 heavy (non-hydrogen) atoms. The van der Waals surface area contributed by atoms with Crippen molar-refractivity contribution in [3.63, 3.8) is 0 Å². The molecule has 1 aromatic heterocycles. The lowest BCUT2D eigenvalue weighted by Crippen LogP contribution is -2.40. The van der Waals surface area contributed by atoms with Crippen LogP contribution >= 0.6 is 0 Å². The summed E-state index contributed by atoms with van der Waals surface area (Å²) in [6, 6.07) is 0.280. The summed E-state index contributed by atoms with van der Waals surface area (Å²) in [7, 11) is 0. The molecule has 1 aliphatic heterocycles. The van der Waals surface area contributed by atoms with Crippen LogP contribution in [0.5, 0.6) is 0 Å². The Morgan fingerprint density at radius 2 is 2.32 bits per heavy atom. The standard InChI is InChI=1S/C16H28N4O2/c1-12-14(19-11-18-12)10-17-8-7-13-6-5-9-20(13)15(21)22-16(2,3)4/h11,13,17H,5-10H2,1-4H3,(H,18,19). The van der Waals surface area contributed by atoms with E-state index in [1.165, 1.54) is 0 Å². The number of ether oxygens (including phenoxy) is 1. The van der Waals surface area contributed by atoms with Gasteiger partial charge < -0.3 is 19.9 Å². The van der Waals surface area contributed by atoms with Crippen LogP contribution in [0.25, 0.3) is 0 Å². The SMILES string of the molecule is Cc1[nH]cnc1CNCCC1CCCN1C(=O)OC(C)(C)C. The van der Waals surface area contributed by atoms with Gasteiger partial charge in [0.2, 0.25) is 0 Å². The molecular weight excluding hydrogens is 280 g/mol. The first-order valence-corrected chi connectivity index (χ1v) is 8.06. The van der Waals surface area contributed by atoms with Crippen LogP contribution in [-0.4, -0.2) is 45.7 Å². The molecule has 1 aromatic rings. The highest BCUT2D eigenvalue weighted by Crippen LogP contribution is 2.22. The normalized spacial score (nSPS) is 18.7. The number of hydrogen-bond donors (Lipinski definition) is 2. The van der Waals surface area contributed by atoms with E-state index in [-0.39, 0.29) is 12.1 Å². The number of H-pyrrole nitrogens is 1. The summed E-state index contributed by atoms with van der Waals surface area (Å²) in [5.41, 5.74) is 1.72. The summed E-state index contributed by atoms with van der Waals surface area (Å²) >= 11 is 0. The molecule has 2 N–H and O–H groups in total. The zero-order chi connectivity index (χ0) is 16.2. The number of amides is 1. The van der Waals surface area contributed by atoms with Gasteiger partial charge in [-0.2, -0.15) is 0 Å². The van der Waals surface area contributed by atoms with E-state index >= 15 is 0 Å². The van der Waals surface area contributed by atoms with E-state index in [0.29, 0.717) is 0 Å². The van der Waals surface area contributed by atoms with Crippen LogP contribution < -0.4 is 5.32 Å². The van der Waals surface area contributed by atoms with E-state index in [4.69, 9.17) is 4.74 Å². The maximum Gasteiger partial charge on any atom is 0.410 e. The van der Waals surface area contributed by atoms with E-state index in [1.807, 2.05) is 32.6 Å². The molecule has 1 aliphatic rings. The van der Waals surface area contributed by atoms with Gasteiger partial charge in [-0.3, -0.25) is 0 Å². The molecule has 2 rings (SSSR count). The van der Waals surface area contributed by atoms with Crippen LogP contribution in [-0.2, 0) is 11.3 Å². The van der Waals surface area contributed by atoms with Crippen molar-refractivity contribution in [2.24, 2.45) is 0 Å². The van der Waals surface area contributed by atoms with Gasteiger partial charge in [0.25, 0.3) is 0 Å². The molecule has 2 heterocycles. The number of carbonyl (C=O) groups is 1. The highest BCUT2D eigenvalue weighted by molar-refractivity contribution is 5.68. The highest BCUT2D eigenvalue weighted by Gasteiger charge is 2.31. The fourth-order valence-electron chi connectivity index (χ4n) is 2.74. The zero-order valence-electron chi connectivity index (χ0n) is 14.1. The molecule has 0 spiro atoms. The lowest BCUT2D eigenvalue weighted by atomic mass is 10.1. The van der Waals surface area contributed by atoms with Crippen molar-refractivity contribution in [2.75, 3.05) is 13.1 Å². The Morgan fingerprint density at radius 1 is 1.55 bits per heavy atom. The first-order chi connectivity index (χ1) is 10.4. The fourth-order valence-corrected chi connectivity index (χ4v) is 2.74. The second kappa shape index (κ2) is 7.13. The molecule has 1 unspecified atom stereocenters. The maximum absolute atomic E-state index is 12.2. The third kappa shape index (κ3) is 4.73. The van der Waals surface area contributed by atoms with Gasteiger partial charge in [-0.1, -0.05) is 0 Å². The minimum absolute atomic E-state index is 0.182. The van der Waals surface area contributed by atoms with Crippen molar-refractivity contribution in [3.8, 4) is 0 Å². The van der Waals surface area contributed by atoms with Crippen LogP contribution in [0.4, 0.5) is 4.79 Å². The highest BCUT2D eigenvalue weighted by atomic mass is 16.6. The van der Waals surface area contributed by atoms with Crippen molar-refractivity contribution >= 4 is 6.09 Å². The van der Waals surface area contributed by atoms with Gasteiger partial charge in [-0.25, -0.2) is 9.78 Å². The lowest BCUT2D eigenvalue weighted by molar-refractivity contribution is 0.0220. The number of carbonyl (C=O) groups excluding carboxylic acids is 1. The van der Waals surface area contributed by atoms with Gasteiger partial charge in [0.1, 0.15) is 5.60 Å². The van der Waals surface area contributed by atoms with Crippen LogP contribution in [0.15, 0.2) is 6.33 Å². The summed E-state index contributed by atoms with van der Waals surface area (Å²) < 4.78 is 5.49. The number of nitrogens with one attached hydrogen (secondary N) is 2. The maximum atomic E-state index is 12.2. The lowest BCUT2D eigenvalue weighted by Gasteiger charge is -2.28. The summed E-state index contributed by atoms with van der Waals surface area (Å²) in [5, 5.41) is 3.40. The van der Waals surface area contributed by atoms with Gasteiger partial charge in [0.05, 0.1) is 12.0 Å². The smallest absolute Gasteiger partial charge is 0.410 e. The topological polar surface area (TPSA) is 70.2 Å². The molecule has 0 saturated carbocycles. The molecule has 1 amide bonds. The fraction of sp³-hybridized carbons (Fsp3) is 0.750. The molecule has 124 valence electrons. The minimum Gasteiger partial charge on any atom is -0.444 e. The van der Waals surface area contributed by atoms with E-state index in [1.54, 1.807) is 6.33 Å². The molecule has 1 atom stereocenters. The largest absolute Gasteiger partial charge is 0.444 e. The van der Waals surface area contributed by atoms with Crippen molar-refractivity contribution in [1.29, 1.82) is 0 Å². The number of aryl methyl sites for hydroxylation is 1. The van der Waals surface area contributed by atoms with Crippen molar-refractivity contribution < 1.29 is 9.53 Å². The van der Waals surface area contributed by atoms with Crippen molar-refractivity contribution in [1.82, 2.24) is 20.2 Å². The second-order valence-corrected chi connectivity index (χ2v) is 6.91. The summed E-state index contributed by atoms with van der Waals surface area (Å²) in [4.78, 5) is 21.4. The number of nitrogens with zero attached hydrogens (tertiary/aromatic N) is 2. The van der Waals surface area contributed by atoms with E-state index in [9.17, 15) is 4.79 Å². The van der Waals surface area contributed by atoms with Gasteiger partial charge in [0.15, 0.2) is 0 Å². The third-order valence-corrected chi connectivity index (χ3v) is 3.89. The number of likely N-dealkylation sites (tertiary alicyclic amines) is 1. The van der Waals surface area contributed by atoms with Crippen molar-refractivity contribution in [3.05, 3.63) is 17.7 Å². The van der Waals surface area contributed by atoms with Gasteiger partial charge in [0, 0.05) is 24.8 Å². The quantitative estimate of drug-likeness (QED) is 0.820. The van der Waals surface area contributed by atoms with Gasteiger partial charge in [-0.05, 0) is 53.5 Å². The molecule has 6 nitrogen and oxygen atoms in total. The van der Waals surface area contributed by atoms with E-state index in [2.05, 4.69) is 15.3 Å². The Bertz CT molecular complexity index is 493. The summed E-state index contributed by atoms with van der Waals surface area (Å²) in [6.07, 6.45) is 4.60. The molecule has 1 fully saturated rings. The Hall–Kier alpha value is -1.56. The van der Waals surface area contributed by atoms with Crippen LogP contribution in [0.1, 0.15) is 51.4 Å². The predicted octanol–water partition coefficient (Wildman–Crippen LogP) is 2.60. The van der Waals surface area contributed by atoms with E-state index in [0.717, 1.165) is 50.3 Å². The first-order valence-electron chi connectivity index (χ1n) is 8.06. The minimum atomic E-state index is -0.431. The van der Waals surface area contributed by atoms with E-state index < -0.39 is 5.60 Å². The average molecular weight is 308 g/mol. The summed E-state index contributed by atoms with van der Waals surface area (Å²) in [6.45, 7) is 10.2. The first kappa shape index (κ1) is 16.8. The van der Waals surface area contributed by atoms with Gasteiger partial charge >= 0.3 is 6.09 Å².